The highest BCUT2D eigenvalue weighted by Crippen LogP contribution is 2.22. The summed E-state index contributed by atoms with van der Waals surface area (Å²) in [6, 6.07) is 0.816. The van der Waals surface area contributed by atoms with E-state index >= 15 is 0 Å². The fraction of sp³-hybridized carbons (Fsp3) is 0.727. The van der Waals surface area contributed by atoms with Crippen LogP contribution in [0.1, 0.15) is 24.3 Å². The topological polar surface area (TPSA) is 41.3 Å². The molecular formula is C11H19N3O. The minimum Gasteiger partial charge on any atom is -0.428 e. The van der Waals surface area contributed by atoms with Crippen molar-refractivity contribution in [1.82, 2.24) is 10.3 Å². The minimum absolute atomic E-state index is 0.816. The first-order chi connectivity index (χ1) is 7.31. The van der Waals surface area contributed by atoms with Gasteiger partial charge in [-0.15, -0.1) is 0 Å². The molecule has 1 N–H and O–H groups in total. The molecule has 1 aromatic heterocycles. The highest BCUT2D eigenvalue weighted by atomic mass is 16.4. The van der Waals surface area contributed by atoms with E-state index in [1.807, 2.05) is 14.0 Å². The van der Waals surface area contributed by atoms with Gasteiger partial charge in [-0.2, -0.15) is 4.98 Å². The van der Waals surface area contributed by atoms with Gasteiger partial charge < -0.3 is 14.6 Å². The molecule has 4 heteroatoms. The van der Waals surface area contributed by atoms with Crippen LogP contribution in [0.3, 0.4) is 0 Å². The van der Waals surface area contributed by atoms with Gasteiger partial charge in [0.05, 0.1) is 5.69 Å². The molecule has 0 atom stereocenters. The van der Waals surface area contributed by atoms with Crippen LogP contribution in [-0.4, -0.2) is 31.7 Å². The summed E-state index contributed by atoms with van der Waals surface area (Å²) in [6.07, 6.45) is 3.43. The molecule has 4 nitrogen and oxygen atoms in total. The van der Waals surface area contributed by atoms with Crippen LogP contribution in [0.15, 0.2) is 4.42 Å². The standard InChI is InChI=1S/C11H19N3O/c1-9-10(5-6-12-2)15-11(13-9)14-7-3-4-8-14/h12H,3-8H2,1-2H3. The van der Waals surface area contributed by atoms with Gasteiger partial charge in [-0.05, 0) is 26.8 Å². The summed E-state index contributed by atoms with van der Waals surface area (Å²) in [7, 11) is 1.95. The molecule has 0 saturated carbocycles. The zero-order valence-corrected chi connectivity index (χ0v) is 9.55. The van der Waals surface area contributed by atoms with Crippen molar-refractivity contribution in [2.75, 3.05) is 31.6 Å². The average Bonchev–Trinajstić information content (AvgIpc) is 2.83. The summed E-state index contributed by atoms with van der Waals surface area (Å²) in [6.45, 7) is 5.14. The largest absolute Gasteiger partial charge is 0.428 e. The third-order valence-electron chi connectivity index (χ3n) is 2.86. The van der Waals surface area contributed by atoms with Crippen molar-refractivity contribution in [3.05, 3.63) is 11.5 Å². The Kier molecular flexibility index (Phi) is 3.26. The van der Waals surface area contributed by atoms with Crippen molar-refractivity contribution < 1.29 is 4.42 Å². The van der Waals surface area contributed by atoms with Gasteiger partial charge in [0.15, 0.2) is 0 Å². The number of nitrogens with one attached hydrogen (secondary N) is 1. The molecule has 15 heavy (non-hydrogen) atoms. The predicted molar refractivity (Wildman–Crippen MR) is 60.3 cm³/mol. The fourth-order valence-electron chi connectivity index (χ4n) is 1.93. The van der Waals surface area contributed by atoms with Crippen molar-refractivity contribution >= 4 is 6.01 Å². The molecule has 84 valence electrons. The quantitative estimate of drug-likeness (QED) is 0.812. The Morgan fingerprint density at radius 3 is 2.80 bits per heavy atom. The number of nitrogens with zero attached hydrogens (tertiary/aromatic N) is 2. The highest BCUT2D eigenvalue weighted by Gasteiger charge is 2.18. The van der Waals surface area contributed by atoms with Gasteiger partial charge in [-0.25, -0.2) is 0 Å². The second-order valence-electron chi connectivity index (χ2n) is 4.05. The van der Waals surface area contributed by atoms with E-state index in [1.165, 1.54) is 12.8 Å². The Labute approximate surface area is 90.7 Å². The second kappa shape index (κ2) is 4.66. The number of aromatic nitrogens is 1. The first-order valence-corrected chi connectivity index (χ1v) is 5.67. The van der Waals surface area contributed by atoms with Crippen LogP contribution in [0, 0.1) is 6.92 Å². The van der Waals surface area contributed by atoms with E-state index in [0.29, 0.717) is 0 Å². The second-order valence-corrected chi connectivity index (χ2v) is 4.05. The molecule has 2 heterocycles. The molecule has 1 saturated heterocycles. The summed E-state index contributed by atoms with van der Waals surface area (Å²) in [5.74, 6) is 1.02. The smallest absolute Gasteiger partial charge is 0.297 e. The average molecular weight is 209 g/mol. The lowest BCUT2D eigenvalue weighted by Crippen LogP contribution is -2.17. The molecule has 0 aliphatic carbocycles. The zero-order chi connectivity index (χ0) is 10.7. The third kappa shape index (κ3) is 2.31. The SMILES string of the molecule is CNCCc1oc(N2CCCC2)nc1C. The Hall–Kier alpha value is -1.03. The van der Waals surface area contributed by atoms with Crippen LogP contribution in [0.2, 0.25) is 0 Å². The lowest BCUT2D eigenvalue weighted by molar-refractivity contribution is 0.493. The molecule has 1 aliphatic heterocycles. The maximum atomic E-state index is 5.78. The van der Waals surface area contributed by atoms with Crippen LogP contribution in [0.25, 0.3) is 0 Å². The summed E-state index contributed by atoms with van der Waals surface area (Å²) in [5.41, 5.74) is 1.03. The van der Waals surface area contributed by atoms with Crippen molar-refractivity contribution in [2.24, 2.45) is 0 Å². The van der Waals surface area contributed by atoms with Gasteiger partial charge >= 0.3 is 0 Å². The lowest BCUT2D eigenvalue weighted by Gasteiger charge is -2.10. The first kappa shape index (κ1) is 10.5. The number of oxazole rings is 1. The Balaban J connectivity index is 2.06. The van der Waals surface area contributed by atoms with Crippen LogP contribution >= 0.6 is 0 Å². The van der Waals surface area contributed by atoms with Crippen molar-refractivity contribution in [1.29, 1.82) is 0 Å². The summed E-state index contributed by atoms with van der Waals surface area (Å²) >= 11 is 0. The van der Waals surface area contributed by atoms with Gasteiger partial charge in [0.2, 0.25) is 0 Å². The number of anilines is 1. The van der Waals surface area contributed by atoms with Crippen LogP contribution in [-0.2, 0) is 6.42 Å². The highest BCUT2D eigenvalue weighted by molar-refractivity contribution is 5.30. The van der Waals surface area contributed by atoms with Crippen molar-refractivity contribution in [2.45, 2.75) is 26.2 Å². The van der Waals surface area contributed by atoms with Gasteiger partial charge in [0.1, 0.15) is 5.76 Å². The molecule has 1 aromatic rings. The maximum Gasteiger partial charge on any atom is 0.297 e. The molecule has 0 radical (unpaired) electrons. The molecular weight excluding hydrogens is 190 g/mol. The lowest BCUT2D eigenvalue weighted by atomic mass is 10.3. The predicted octanol–water partition coefficient (Wildman–Crippen LogP) is 1.35. The Morgan fingerprint density at radius 1 is 1.40 bits per heavy atom. The molecule has 2 rings (SSSR count). The number of rotatable bonds is 4. The summed E-state index contributed by atoms with van der Waals surface area (Å²) in [4.78, 5) is 6.71. The fourth-order valence-corrected chi connectivity index (χ4v) is 1.93. The van der Waals surface area contributed by atoms with E-state index in [2.05, 4.69) is 15.2 Å². The zero-order valence-electron chi connectivity index (χ0n) is 9.55. The monoisotopic (exact) mass is 209 g/mol. The maximum absolute atomic E-state index is 5.78. The van der Waals surface area contributed by atoms with E-state index in [9.17, 15) is 0 Å². The van der Waals surface area contributed by atoms with Crippen LogP contribution < -0.4 is 10.2 Å². The van der Waals surface area contributed by atoms with Gasteiger partial charge in [0, 0.05) is 26.1 Å². The summed E-state index contributed by atoms with van der Waals surface area (Å²) < 4.78 is 5.78. The van der Waals surface area contributed by atoms with E-state index in [0.717, 1.165) is 43.5 Å². The van der Waals surface area contributed by atoms with E-state index < -0.39 is 0 Å². The number of hydrogen-bond acceptors (Lipinski definition) is 4. The molecule has 0 spiro atoms. The van der Waals surface area contributed by atoms with Gasteiger partial charge in [-0.3, -0.25) is 0 Å². The van der Waals surface area contributed by atoms with Gasteiger partial charge in [0.25, 0.3) is 6.01 Å². The number of hydrogen-bond donors (Lipinski definition) is 1. The van der Waals surface area contributed by atoms with Crippen molar-refractivity contribution in [3.8, 4) is 0 Å². The van der Waals surface area contributed by atoms with E-state index in [-0.39, 0.29) is 0 Å². The van der Waals surface area contributed by atoms with Crippen LogP contribution in [0.5, 0.6) is 0 Å². The Bertz CT molecular complexity index is 316. The van der Waals surface area contributed by atoms with E-state index in [1.54, 1.807) is 0 Å². The Morgan fingerprint density at radius 2 is 2.13 bits per heavy atom. The first-order valence-electron chi connectivity index (χ1n) is 5.67. The van der Waals surface area contributed by atoms with Crippen LogP contribution in [0.4, 0.5) is 6.01 Å². The van der Waals surface area contributed by atoms with Crippen molar-refractivity contribution in [3.63, 3.8) is 0 Å². The van der Waals surface area contributed by atoms with E-state index in [4.69, 9.17) is 4.42 Å². The molecule has 1 fully saturated rings. The molecule has 0 bridgehead atoms. The summed E-state index contributed by atoms with van der Waals surface area (Å²) in [5, 5.41) is 3.12. The van der Waals surface area contributed by atoms with Gasteiger partial charge in [-0.1, -0.05) is 0 Å². The normalized spacial score (nSPS) is 16.3. The molecule has 0 unspecified atom stereocenters. The number of likely N-dealkylation sites (N-methyl/N-ethyl adjacent to an activating group) is 1. The minimum atomic E-state index is 0.816. The molecule has 0 aromatic carbocycles. The number of aryl methyl sites for hydroxylation is 1. The molecule has 0 amide bonds. The third-order valence-corrected chi connectivity index (χ3v) is 2.86. The molecule has 1 aliphatic rings.